The van der Waals surface area contributed by atoms with Gasteiger partial charge in [0.15, 0.2) is 6.23 Å². The van der Waals surface area contributed by atoms with E-state index in [4.69, 9.17) is 4.74 Å². The quantitative estimate of drug-likeness (QED) is 0.321. The van der Waals surface area contributed by atoms with E-state index in [1.165, 1.54) is 25.2 Å². The molecule has 0 saturated heterocycles. The van der Waals surface area contributed by atoms with Crippen molar-refractivity contribution in [1.82, 2.24) is 5.32 Å². The monoisotopic (exact) mass is 279 g/mol. The summed E-state index contributed by atoms with van der Waals surface area (Å²) in [5, 5.41) is 12.0. The molecule has 5 nitrogen and oxygen atoms in total. The van der Waals surface area contributed by atoms with Crippen LogP contribution in [0.1, 0.15) is 20.8 Å². The number of amides is 1. The van der Waals surface area contributed by atoms with Gasteiger partial charge in [-0.2, -0.15) is 0 Å². The van der Waals surface area contributed by atoms with Crippen LogP contribution in [0.4, 0.5) is 0 Å². The molecule has 0 aliphatic carbocycles. The Hall–Kier alpha value is -2.14. The molecule has 2 N–H and O–H groups in total. The summed E-state index contributed by atoms with van der Waals surface area (Å²) in [6, 6.07) is 0. The molecule has 0 aromatic carbocycles. The van der Waals surface area contributed by atoms with Gasteiger partial charge in [0, 0.05) is 12.2 Å². The summed E-state index contributed by atoms with van der Waals surface area (Å²) in [4.78, 5) is 22.7. The van der Waals surface area contributed by atoms with Crippen LogP contribution in [0.2, 0.25) is 0 Å². The second kappa shape index (κ2) is 10.8. The first-order valence-electron chi connectivity index (χ1n) is 6.29. The van der Waals surface area contributed by atoms with Gasteiger partial charge in [0.1, 0.15) is 6.10 Å². The molecule has 1 unspecified atom stereocenters. The van der Waals surface area contributed by atoms with E-state index in [1.54, 1.807) is 30.4 Å². The minimum atomic E-state index is -1.27. The molecule has 0 fully saturated rings. The van der Waals surface area contributed by atoms with Gasteiger partial charge in [-0.25, -0.2) is 4.79 Å². The molecule has 2 atom stereocenters. The van der Waals surface area contributed by atoms with Crippen molar-refractivity contribution in [2.75, 3.05) is 0 Å². The van der Waals surface area contributed by atoms with E-state index >= 15 is 0 Å². The third-order valence-electron chi connectivity index (χ3n) is 2.12. The highest BCUT2D eigenvalue weighted by molar-refractivity contribution is 5.88. The number of esters is 1. The highest BCUT2D eigenvalue weighted by Crippen LogP contribution is 1.98. The molecule has 110 valence electrons. The van der Waals surface area contributed by atoms with Crippen LogP contribution in [0.25, 0.3) is 0 Å². The molecule has 0 saturated carbocycles. The van der Waals surface area contributed by atoms with Crippen LogP contribution in [0, 0.1) is 0 Å². The van der Waals surface area contributed by atoms with Gasteiger partial charge in [-0.3, -0.25) is 4.79 Å². The average Bonchev–Trinajstić information content (AvgIpc) is 2.39. The molecule has 20 heavy (non-hydrogen) atoms. The van der Waals surface area contributed by atoms with E-state index in [2.05, 4.69) is 5.32 Å². The van der Waals surface area contributed by atoms with Crippen molar-refractivity contribution in [3.63, 3.8) is 0 Å². The number of hydrogen-bond donors (Lipinski definition) is 2. The summed E-state index contributed by atoms with van der Waals surface area (Å²) in [5.74, 6) is -1.06. The van der Waals surface area contributed by atoms with Crippen molar-refractivity contribution in [1.29, 1.82) is 0 Å². The topological polar surface area (TPSA) is 75.6 Å². The minimum absolute atomic E-state index is 0.469. The van der Waals surface area contributed by atoms with Gasteiger partial charge in [-0.05, 0) is 20.8 Å². The van der Waals surface area contributed by atoms with E-state index in [-0.39, 0.29) is 0 Å². The summed E-state index contributed by atoms with van der Waals surface area (Å²) in [6.07, 6.45) is 10.3. The van der Waals surface area contributed by atoms with Gasteiger partial charge in [-0.1, -0.05) is 36.5 Å². The van der Waals surface area contributed by atoms with Gasteiger partial charge >= 0.3 is 5.97 Å². The Balaban J connectivity index is 4.24. The second-order valence-corrected chi connectivity index (χ2v) is 3.87. The molecule has 0 heterocycles. The maximum absolute atomic E-state index is 11.4. The molecule has 0 aromatic heterocycles. The van der Waals surface area contributed by atoms with Gasteiger partial charge in [0.2, 0.25) is 5.91 Å². The normalized spacial score (nSPS) is 15.2. The van der Waals surface area contributed by atoms with Crippen molar-refractivity contribution in [2.45, 2.75) is 33.1 Å². The number of rotatable bonds is 7. The van der Waals surface area contributed by atoms with Crippen LogP contribution in [0.5, 0.6) is 0 Å². The van der Waals surface area contributed by atoms with Gasteiger partial charge in [0.25, 0.3) is 0 Å². The standard InChI is InChI=1S/C15H21NO4/c1-4-6-8-10-13(17)16-15(19)12(3)20-14(18)11-9-7-5-2/h4-12,15,19H,1-3H3,(H,16,17)/b6-4+,7-5+,10-8+,11-9+/t12-,15?/m1/s1. The highest BCUT2D eigenvalue weighted by Gasteiger charge is 2.18. The second-order valence-electron chi connectivity index (χ2n) is 3.87. The Bertz CT molecular complexity index is 382. The third-order valence-corrected chi connectivity index (χ3v) is 2.12. The summed E-state index contributed by atoms with van der Waals surface area (Å²) in [6.45, 7) is 5.13. The summed E-state index contributed by atoms with van der Waals surface area (Å²) in [7, 11) is 0. The molecular formula is C15H21NO4. The number of aliphatic hydroxyl groups excluding tert-OH is 1. The van der Waals surface area contributed by atoms with Gasteiger partial charge < -0.3 is 15.2 Å². The molecule has 0 aromatic rings. The van der Waals surface area contributed by atoms with Crippen LogP contribution >= 0.6 is 0 Å². The van der Waals surface area contributed by atoms with Crippen LogP contribution < -0.4 is 5.32 Å². The number of hydrogen-bond acceptors (Lipinski definition) is 4. The number of allylic oxidation sites excluding steroid dienone is 6. The van der Waals surface area contributed by atoms with E-state index in [0.717, 1.165) is 0 Å². The SMILES string of the molecule is C/C=C/C=C/C(=O)NC(O)[C@@H](C)OC(=O)/C=C/C=C/C. The molecule has 5 heteroatoms. The number of carbonyl (C=O) groups excluding carboxylic acids is 2. The molecule has 0 rings (SSSR count). The zero-order chi connectivity index (χ0) is 15.4. The first kappa shape index (κ1) is 17.9. The first-order valence-corrected chi connectivity index (χ1v) is 6.29. The lowest BCUT2D eigenvalue weighted by atomic mass is 10.3. The number of ether oxygens (including phenoxy) is 1. The van der Waals surface area contributed by atoms with Crippen LogP contribution in [-0.2, 0) is 14.3 Å². The number of carbonyl (C=O) groups is 2. The predicted octanol–water partition coefficient (Wildman–Crippen LogP) is 1.62. The Labute approximate surface area is 119 Å². The summed E-state index contributed by atoms with van der Waals surface area (Å²) < 4.78 is 4.92. The third kappa shape index (κ3) is 8.88. The summed E-state index contributed by atoms with van der Waals surface area (Å²) in [5.41, 5.74) is 0. The highest BCUT2D eigenvalue weighted by atomic mass is 16.6. The van der Waals surface area contributed by atoms with Crippen molar-refractivity contribution in [2.24, 2.45) is 0 Å². The maximum Gasteiger partial charge on any atom is 0.331 e. The van der Waals surface area contributed by atoms with E-state index in [0.29, 0.717) is 0 Å². The van der Waals surface area contributed by atoms with Crippen LogP contribution in [-0.4, -0.2) is 29.3 Å². The van der Waals surface area contributed by atoms with Crippen molar-refractivity contribution >= 4 is 11.9 Å². The Morgan fingerprint density at radius 1 is 1.05 bits per heavy atom. The van der Waals surface area contributed by atoms with Crippen molar-refractivity contribution in [3.05, 3.63) is 48.6 Å². The Kier molecular flexibility index (Phi) is 9.60. The smallest absolute Gasteiger partial charge is 0.331 e. The molecule has 1 amide bonds. The van der Waals surface area contributed by atoms with E-state index in [9.17, 15) is 14.7 Å². The lowest BCUT2D eigenvalue weighted by molar-refractivity contribution is -0.150. The fourth-order valence-electron chi connectivity index (χ4n) is 1.10. The molecule has 0 aliphatic rings. The molecular weight excluding hydrogens is 258 g/mol. The molecule has 0 spiro atoms. The first-order chi connectivity index (χ1) is 9.51. The van der Waals surface area contributed by atoms with Gasteiger partial charge in [0.05, 0.1) is 0 Å². The predicted molar refractivity (Wildman–Crippen MR) is 77.6 cm³/mol. The van der Waals surface area contributed by atoms with E-state index in [1.807, 2.05) is 13.8 Å². The van der Waals surface area contributed by atoms with Crippen LogP contribution in [0.3, 0.4) is 0 Å². The Morgan fingerprint density at radius 2 is 1.60 bits per heavy atom. The summed E-state index contributed by atoms with van der Waals surface area (Å²) >= 11 is 0. The zero-order valence-electron chi connectivity index (χ0n) is 11.9. The van der Waals surface area contributed by atoms with Gasteiger partial charge in [-0.15, -0.1) is 0 Å². The maximum atomic E-state index is 11.4. The lowest BCUT2D eigenvalue weighted by Crippen LogP contribution is -2.43. The molecule has 0 radical (unpaired) electrons. The van der Waals surface area contributed by atoms with Crippen LogP contribution in [0.15, 0.2) is 48.6 Å². The molecule has 0 bridgehead atoms. The minimum Gasteiger partial charge on any atom is -0.455 e. The zero-order valence-corrected chi connectivity index (χ0v) is 11.9. The number of aliphatic hydroxyl groups is 1. The van der Waals surface area contributed by atoms with Crippen molar-refractivity contribution in [3.8, 4) is 0 Å². The fourth-order valence-corrected chi connectivity index (χ4v) is 1.10. The fraction of sp³-hybridized carbons (Fsp3) is 0.333. The van der Waals surface area contributed by atoms with Crippen molar-refractivity contribution < 1.29 is 19.4 Å². The number of nitrogens with one attached hydrogen (secondary N) is 1. The average molecular weight is 279 g/mol. The Morgan fingerprint density at radius 3 is 2.15 bits per heavy atom. The van der Waals surface area contributed by atoms with E-state index < -0.39 is 24.2 Å². The largest absolute Gasteiger partial charge is 0.455 e. The molecule has 0 aliphatic heterocycles. The lowest BCUT2D eigenvalue weighted by Gasteiger charge is -2.18.